The van der Waals surface area contributed by atoms with E-state index < -0.39 is 0 Å². The number of anilines is 1. The van der Waals surface area contributed by atoms with Crippen molar-refractivity contribution in [3.8, 4) is 0 Å². The van der Waals surface area contributed by atoms with Gasteiger partial charge in [0.15, 0.2) is 0 Å². The molecule has 0 bridgehead atoms. The van der Waals surface area contributed by atoms with E-state index in [9.17, 15) is 9.59 Å². The van der Waals surface area contributed by atoms with Gasteiger partial charge in [-0.3, -0.25) is 9.69 Å². The highest BCUT2D eigenvalue weighted by Crippen LogP contribution is 2.30. The molecule has 3 aliphatic heterocycles. The minimum atomic E-state index is -0.0408. The summed E-state index contributed by atoms with van der Waals surface area (Å²) in [5.74, 6) is 0.0529. The van der Waals surface area contributed by atoms with Crippen molar-refractivity contribution in [2.45, 2.75) is 51.7 Å². The molecule has 3 amide bonds. The molecule has 1 N–H and O–H groups in total. The Morgan fingerprint density at radius 2 is 1.70 bits per heavy atom. The van der Waals surface area contributed by atoms with Gasteiger partial charge in [0.25, 0.3) is 5.91 Å². The molecule has 1 aromatic carbocycles. The first-order chi connectivity index (χ1) is 14.2. The van der Waals surface area contributed by atoms with Gasteiger partial charge < -0.3 is 20.0 Å². The number of likely N-dealkylation sites (tertiary alicyclic amines) is 1. The van der Waals surface area contributed by atoms with E-state index in [1.807, 2.05) is 28.0 Å². The fraction of sp³-hybridized carbons (Fsp3) is 0.652. The first kappa shape index (κ1) is 21.1. The molecule has 3 aliphatic rings. The van der Waals surface area contributed by atoms with Gasteiger partial charge in [0, 0.05) is 68.6 Å². The third-order valence-electron chi connectivity index (χ3n) is 6.84. The molecule has 0 spiro atoms. The topological polar surface area (TPSA) is 59.1 Å². The monoisotopic (exact) mass is 413 g/mol. The predicted molar refractivity (Wildman–Crippen MR) is 119 cm³/mol. The molecular formula is C23H35N5O2. The van der Waals surface area contributed by atoms with Gasteiger partial charge in [-0.15, -0.1) is 0 Å². The van der Waals surface area contributed by atoms with Gasteiger partial charge in [-0.25, -0.2) is 4.79 Å². The van der Waals surface area contributed by atoms with Crippen LogP contribution in [0.3, 0.4) is 0 Å². The van der Waals surface area contributed by atoms with Gasteiger partial charge in [-0.05, 0) is 58.4 Å². The lowest BCUT2D eigenvalue weighted by molar-refractivity contribution is 0.0656. The van der Waals surface area contributed by atoms with Crippen molar-refractivity contribution in [1.82, 2.24) is 19.6 Å². The summed E-state index contributed by atoms with van der Waals surface area (Å²) < 4.78 is 0. The van der Waals surface area contributed by atoms with Gasteiger partial charge in [0.1, 0.15) is 0 Å². The van der Waals surface area contributed by atoms with Crippen molar-refractivity contribution in [3.05, 3.63) is 29.3 Å². The molecule has 7 nitrogen and oxygen atoms in total. The quantitative estimate of drug-likeness (QED) is 0.810. The number of carbonyl (C=O) groups excluding carboxylic acids is 2. The normalized spacial score (nSPS) is 22.1. The first-order valence-electron chi connectivity index (χ1n) is 11.2. The average Bonchev–Trinajstić information content (AvgIpc) is 2.72. The van der Waals surface area contributed by atoms with Gasteiger partial charge in [-0.1, -0.05) is 6.07 Å². The number of fused-ring (bicyclic) bond motifs is 1. The number of hydrogen-bond acceptors (Lipinski definition) is 4. The molecule has 1 aromatic rings. The number of benzene rings is 1. The van der Waals surface area contributed by atoms with Crippen molar-refractivity contribution in [2.75, 3.05) is 51.6 Å². The number of carbonyl (C=O) groups is 2. The van der Waals surface area contributed by atoms with Gasteiger partial charge >= 0.3 is 6.03 Å². The summed E-state index contributed by atoms with van der Waals surface area (Å²) in [4.78, 5) is 34.3. The van der Waals surface area contributed by atoms with Gasteiger partial charge in [0.05, 0.1) is 0 Å². The van der Waals surface area contributed by atoms with Crippen LogP contribution in [0.1, 0.15) is 49.5 Å². The smallest absolute Gasteiger partial charge is 0.322 e. The van der Waals surface area contributed by atoms with Crippen molar-refractivity contribution < 1.29 is 9.59 Å². The maximum Gasteiger partial charge on any atom is 0.322 e. The Bertz CT molecular complexity index is 802. The van der Waals surface area contributed by atoms with Gasteiger partial charge in [0.2, 0.25) is 0 Å². The molecule has 3 heterocycles. The Morgan fingerprint density at radius 1 is 1.03 bits per heavy atom. The molecule has 164 valence electrons. The van der Waals surface area contributed by atoms with Crippen LogP contribution in [-0.4, -0.2) is 89.4 Å². The largest absolute Gasteiger partial charge is 0.336 e. The Hall–Kier alpha value is -2.12. The standard InChI is InChI=1S/C23H35N5O2/c1-23(2,3)27-9-7-19(8-10-27)28-16-18-6-5-17(15-20(18)24-22(28)30)21(29)26-13-11-25(4)12-14-26/h5-6,15,19H,7-14,16H2,1-4H3,(H,24,30). The lowest BCUT2D eigenvalue weighted by atomic mass is 9.96. The minimum absolute atomic E-state index is 0.0408. The van der Waals surface area contributed by atoms with E-state index in [1.54, 1.807) is 0 Å². The summed E-state index contributed by atoms with van der Waals surface area (Å²) in [7, 11) is 2.08. The van der Waals surface area contributed by atoms with Crippen LogP contribution in [-0.2, 0) is 6.54 Å². The highest BCUT2D eigenvalue weighted by molar-refractivity contribution is 5.98. The molecule has 4 rings (SSSR count). The van der Waals surface area contributed by atoms with Crippen molar-refractivity contribution in [3.63, 3.8) is 0 Å². The van der Waals surface area contributed by atoms with E-state index in [4.69, 9.17) is 0 Å². The molecule has 0 aliphatic carbocycles. The van der Waals surface area contributed by atoms with Crippen LogP contribution in [0.4, 0.5) is 10.5 Å². The third-order valence-corrected chi connectivity index (χ3v) is 6.84. The molecule has 0 aromatic heterocycles. The van der Waals surface area contributed by atoms with Crippen LogP contribution in [0, 0.1) is 0 Å². The number of likely N-dealkylation sites (N-methyl/N-ethyl adjacent to an activating group) is 1. The minimum Gasteiger partial charge on any atom is -0.336 e. The molecule has 30 heavy (non-hydrogen) atoms. The van der Waals surface area contributed by atoms with Crippen LogP contribution < -0.4 is 5.32 Å². The molecular weight excluding hydrogens is 378 g/mol. The number of urea groups is 1. The molecule has 0 radical (unpaired) electrons. The van der Waals surface area contributed by atoms with Gasteiger partial charge in [-0.2, -0.15) is 0 Å². The van der Waals surface area contributed by atoms with E-state index in [2.05, 4.69) is 42.9 Å². The molecule has 7 heteroatoms. The number of hydrogen-bond donors (Lipinski definition) is 1. The number of nitrogens with one attached hydrogen (secondary N) is 1. The zero-order valence-electron chi connectivity index (χ0n) is 18.8. The second-order valence-corrected chi connectivity index (χ2v) is 9.91. The molecule has 2 fully saturated rings. The predicted octanol–water partition coefficient (Wildman–Crippen LogP) is 2.68. The highest BCUT2D eigenvalue weighted by atomic mass is 16.2. The maximum absolute atomic E-state index is 12.9. The van der Waals surface area contributed by atoms with E-state index >= 15 is 0 Å². The summed E-state index contributed by atoms with van der Waals surface area (Å²) in [6, 6.07) is 6.00. The second kappa shape index (κ2) is 8.19. The molecule has 0 atom stereocenters. The summed E-state index contributed by atoms with van der Waals surface area (Å²) in [5.41, 5.74) is 2.70. The van der Waals surface area contributed by atoms with E-state index in [-0.39, 0.29) is 23.5 Å². The van der Waals surface area contributed by atoms with Crippen LogP contribution in [0.5, 0.6) is 0 Å². The molecule has 2 saturated heterocycles. The molecule has 0 unspecified atom stereocenters. The van der Waals surface area contributed by atoms with Crippen LogP contribution >= 0.6 is 0 Å². The van der Waals surface area contributed by atoms with Crippen molar-refractivity contribution in [1.29, 1.82) is 0 Å². The maximum atomic E-state index is 12.9. The Morgan fingerprint density at radius 3 is 2.33 bits per heavy atom. The lowest BCUT2D eigenvalue weighted by Gasteiger charge is -2.44. The molecule has 0 saturated carbocycles. The number of rotatable bonds is 2. The highest BCUT2D eigenvalue weighted by Gasteiger charge is 2.34. The zero-order valence-corrected chi connectivity index (χ0v) is 18.8. The van der Waals surface area contributed by atoms with Crippen LogP contribution in [0.15, 0.2) is 18.2 Å². The lowest BCUT2D eigenvalue weighted by Crippen LogP contribution is -2.53. The number of piperazine rings is 1. The SMILES string of the molecule is CN1CCN(C(=O)c2ccc3c(c2)NC(=O)N(C2CCN(C(C)(C)C)CC2)C3)CC1. The Balaban J connectivity index is 1.42. The van der Waals surface area contributed by atoms with E-state index in [0.29, 0.717) is 12.1 Å². The second-order valence-electron chi connectivity index (χ2n) is 9.91. The number of nitrogens with zero attached hydrogens (tertiary/aromatic N) is 4. The average molecular weight is 414 g/mol. The third kappa shape index (κ3) is 4.32. The summed E-state index contributed by atoms with van der Waals surface area (Å²) in [6.07, 6.45) is 2.00. The van der Waals surface area contributed by atoms with Crippen molar-refractivity contribution >= 4 is 17.6 Å². The summed E-state index contributed by atoms with van der Waals surface area (Å²) in [5, 5.41) is 3.05. The summed E-state index contributed by atoms with van der Waals surface area (Å²) >= 11 is 0. The van der Waals surface area contributed by atoms with Crippen LogP contribution in [0.2, 0.25) is 0 Å². The Kier molecular flexibility index (Phi) is 5.77. The van der Waals surface area contributed by atoms with E-state index in [1.165, 1.54) is 0 Å². The van der Waals surface area contributed by atoms with Crippen molar-refractivity contribution in [2.24, 2.45) is 0 Å². The number of piperidine rings is 1. The summed E-state index contributed by atoms with van der Waals surface area (Å²) in [6.45, 7) is 12.7. The first-order valence-corrected chi connectivity index (χ1v) is 11.2. The van der Waals surface area contributed by atoms with Crippen LogP contribution in [0.25, 0.3) is 0 Å². The fourth-order valence-electron chi connectivity index (χ4n) is 4.74. The fourth-order valence-corrected chi connectivity index (χ4v) is 4.74. The Labute approximate surface area is 180 Å². The number of amides is 3. The zero-order chi connectivity index (χ0) is 21.5. The van der Waals surface area contributed by atoms with E-state index in [0.717, 1.165) is 63.4 Å².